The van der Waals surface area contributed by atoms with Crippen LogP contribution in [0.15, 0.2) is 4.79 Å². The highest BCUT2D eigenvalue weighted by molar-refractivity contribution is 5.42. The van der Waals surface area contributed by atoms with Crippen molar-refractivity contribution in [1.29, 1.82) is 0 Å². The van der Waals surface area contributed by atoms with Crippen LogP contribution < -0.4 is 10.9 Å². The summed E-state index contributed by atoms with van der Waals surface area (Å²) in [6.07, 6.45) is 2.68. The van der Waals surface area contributed by atoms with E-state index in [4.69, 9.17) is 0 Å². The second kappa shape index (κ2) is 3.20. The lowest BCUT2D eigenvalue weighted by Gasteiger charge is -2.16. The highest BCUT2D eigenvalue weighted by Crippen LogP contribution is 2.15. The predicted molar refractivity (Wildman–Crippen MR) is 51.0 cm³/mol. The third kappa shape index (κ3) is 1.43. The average Bonchev–Trinajstić information content (AvgIpc) is 2.17. The third-order valence-electron chi connectivity index (χ3n) is 2.29. The summed E-state index contributed by atoms with van der Waals surface area (Å²) in [5.41, 5.74) is 1.53. The van der Waals surface area contributed by atoms with Gasteiger partial charge in [0, 0.05) is 6.54 Å². The maximum atomic E-state index is 11.4. The number of H-pyrrole nitrogens is 1. The molecule has 13 heavy (non-hydrogen) atoms. The van der Waals surface area contributed by atoms with E-state index in [0.29, 0.717) is 12.1 Å². The molecule has 0 aliphatic carbocycles. The number of hydrogen-bond donors (Lipinski definition) is 2. The molecule has 0 aromatic carbocycles. The smallest absolute Gasteiger partial charge is 0.269 e. The molecule has 1 aliphatic heterocycles. The maximum Gasteiger partial charge on any atom is 0.269 e. The lowest BCUT2D eigenvalue weighted by molar-refractivity contribution is 0.769. The zero-order valence-electron chi connectivity index (χ0n) is 7.68. The molecule has 0 fully saturated rings. The Kier molecular flexibility index (Phi) is 2.04. The summed E-state index contributed by atoms with van der Waals surface area (Å²) in [5, 5.41) is 3.18. The van der Waals surface area contributed by atoms with Gasteiger partial charge >= 0.3 is 0 Å². The van der Waals surface area contributed by atoms with Crippen molar-refractivity contribution in [3.63, 3.8) is 0 Å². The van der Waals surface area contributed by atoms with Crippen LogP contribution in [0.1, 0.15) is 24.7 Å². The number of rotatable bonds is 1. The van der Waals surface area contributed by atoms with Crippen molar-refractivity contribution in [1.82, 2.24) is 9.97 Å². The van der Waals surface area contributed by atoms with Crippen LogP contribution in [-0.4, -0.2) is 16.5 Å². The normalized spacial score (nSPS) is 14.8. The van der Waals surface area contributed by atoms with E-state index in [1.54, 1.807) is 0 Å². The first-order chi connectivity index (χ1) is 6.31. The van der Waals surface area contributed by atoms with Gasteiger partial charge in [-0.3, -0.25) is 4.79 Å². The lowest BCUT2D eigenvalue weighted by atomic mass is 10.1. The summed E-state index contributed by atoms with van der Waals surface area (Å²) in [4.78, 5) is 18.5. The van der Waals surface area contributed by atoms with Gasteiger partial charge in [-0.05, 0) is 19.3 Å². The molecule has 0 atom stereocenters. The van der Waals surface area contributed by atoms with Crippen LogP contribution in [0.3, 0.4) is 0 Å². The third-order valence-corrected chi connectivity index (χ3v) is 2.29. The van der Waals surface area contributed by atoms with Crippen molar-refractivity contribution in [2.45, 2.75) is 26.2 Å². The molecule has 1 aliphatic rings. The first-order valence-electron chi connectivity index (χ1n) is 4.67. The summed E-state index contributed by atoms with van der Waals surface area (Å²) < 4.78 is 0. The Morgan fingerprint density at radius 1 is 1.54 bits per heavy atom. The highest BCUT2D eigenvalue weighted by atomic mass is 16.1. The Labute approximate surface area is 76.4 Å². The number of anilines is 1. The van der Waals surface area contributed by atoms with Crippen LogP contribution in [0.25, 0.3) is 0 Å². The molecule has 70 valence electrons. The second-order valence-corrected chi connectivity index (χ2v) is 3.22. The van der Waals surface area contributed by atoms with Crippen LogP contribution in [0.5, 0.6) is 0 Å². The fourth-order valence-electron chi connectivity index (χ4n) is 1.56. The van der Waals surface area contributed by atoms with Crippen molar-refractivity contribution in [3.8, 4) is 0 Å². The molecular formula is C9H13N3O. The summed E-state index contributed by atoms with van der Waals surface area (Å²) in [6.45, 7) is 2.89. The van der Waals surface area contributed by atoms with Crippen LogP contribution in [0.4, 0.5) is 5.82 Å². The van der Waals surface area contributed by atoms with Gasteiger partial charge in [-0.1, -0.05) is 6.92 Å². The van der Waals surface area contributed by atoms with Gasteiger partial charge in [-0.25, -0.2) is 4.98 Å². The van der Waals surface area contributed by atoms with E-state index < -0.39 is 0 Å². The van der Waals surface area contributed by atoms with Gasteiger partial charge in [-0.2, -0.15) is 0 Å². The minimum absolute atomic E-state index is 0.0371. The molecule has 0 unspecified atom stereocenters. The number of hydrogen-bond acceptors (Lipinski definition) is 3. The number of fused-ring (bicyclic) bond motifs is 1. The van der Waals surface area contributed by atoms with E-state index in [1.165, 1.54) is 0 Å². The molecule has 0 radical (unpaired) electrons. The average molecular weight is 179 g/mol. The molecule has 0 spiro atoms. The standard InChI is InChI=1S/C9H13N3O/c1-2-6-9(13)12-7-4-3-5-10-8(7)11-6/h2-5H2,1H3,(H,10,11)(H,12,13). The Morgan fingerprint density at radius 3 is 3.15 bits per heavy atom. The molecule has 2 heterocycles. The summed E-state index contributed by atoms with van der Waals surface area (Å²) in [5.74, 6) is 0.864. The van der Waals surface area contributed by atoms with E-state index in [9.17, 15) is 4.79 Å². The molecule has 4 heteroatoms. The Morgan fingerprint density at radius 2 is 2.38 bits per heavy atom. The number of aromatic nitrogens is 2. The predicted octanol–water partition coefficient (Wildman–Crippen LogP) is 0.690. The fraction of sp³-hybridized carbons (Fsp3) is 0.556. The largest absolute Gasteiger partial charge is 0.369 e. The molecular weight excluding hydrogens is 166 g/mol. The Balaban J connectivity index is 2.51. The van der Waals surface area contributed by atoms with Crippen LogP contribution >= 0.6 is 0 Å². The monoisotopic (exact) mass is 179 g/mol. The van der Waals surface area contributed by atoms with Gasteiger partial charge in [0.2, 0.25) is 0 Å². The maximum absolute atomic E-state index is 11.4. The molecule has 2 rings (SSSR count). The van der Waals surface area contributed by atoms with Crippen LogP contribution in [0, 0.1) is 0 Å². The van der Waals surface area contributed by atoms with Crippen molar-refractivity contribution < 1.29 is 0 Å². The van der Waals surface area contributed by atoms with E-state index in [-0.39, 0.29) is 5.56 Å². The van der Waals surface area contributed by atoms with E-state index >= 15 is 0 Å². The topological polar surface area (TPSA) is 57.8 Å². The van der Waals surface area contributed by atoms with Gasteiger partial charge in [0.25, 0.3) is 5.56 Å². The van der Waals surface area contributed by atoms with Crippen molar-refractivity contribution in [3.05, 3.63) is 21.7 Å². The van der Waals surface area contributed by atoms with E-state index in [1.807, 2.05) is 6.92 Å². The minimum Gasteiger partial charge on any atom is -0.369 e. The molecule has 0 amide bonds. The van der Waals surface area contributed by atoms with Gasteiger partial charge in [0.05, 0.1) is 5.69 Å². The molecule has 4 nitrogen and oxygen atoms in total. The lowest BCUT2D eigenvalue weighted by Crippen LogP contribution is -2.23. The van der Waals surface area contributed by atoms with E-state index in [2.05, 4.69) is 15.3 Å². The van der Waals surface area contributed by atoms with Crippen molar-refractivity contribution >= 4 is 5.82 Å². The fourth-order valence-corrected chi connectivity index (χ4v) is 1.56. The first kappa shape index (κ1) is 8.29. The Hall–Kier alpha value is -1.32. The number of aryl methyl sites for hydroxylation is 2. The minimum atomic E-state index is -0.0371. The zero-order chi connectivity index (χ0) is 9.26. The van der Waals surface area contributed by atoms with E-state index in [0.717, 1.165) is 30.9 Å². The zero-order valence-corrected chi connectivity index (χ0v) is 7.68. The molecule has 0 saturated heterocycles. The number of nitrogens with zero attached hydrogens (tertiary/aromatic N) is 1. The van der Waals surface area contributed by atoms with Crippen LogP contribution in [-0.2, 0) is 12.8 Å². The molecule has 0 saturated carbocycles. The first-order valence-corrected chi connectivity index (χ1v) is 4.67. The molecule has 0 bridgehead atoms. The van der Waals surface area contributed by atoms with Crippen LogP contribution in [0.2, 0.25) is 0 Å². The van der Waals surface area contributed by atoms with Gasteiger partial charge in [-0.15, -0.1) is 0 Å². The summed E-state index contributed by atoms with van der Waals surface area (Å²) >= 11 is 0. The quantitative estimate of drug-likeness (QED) is 0.667. The SMILES string of the molecule is CCc1nc2c([nH]c1=O)CCCN2. The van der Waals surface area contributed by atoms with Gasteiger partial charge in [0.15, 0.2) is 0 Å². The van der Waals surface area contributed by atoms with Crippen molar-refractivity contribution in [2.75, 3.05) is 11.9 Å². The molecule has 2 N–H and O–H groups in total. The summed E-state index contributed by atoms with van der Waals surface area (Å²) in [7, 11) is 0. The number of nitrogens with one attached hydrogen (secondary N) is 2. The van der Waals surface area contributed by atoms with Gasteiger partial charge < -0.3 is 10.3 Å². The molecule has 1 aromatic rings. The Bertz CT molecular complexity index is 370. The van der Waals surface area contributed by atoms with Gasteiger partial charge in [0.1, 0.15) is 11.5 Å². The number of aromatic amines is 1. The summed E-state index contributed by atoms with van der Waals surface area (Å²) in [6, 6.07) is 0. The highest BCUT2D eigenvalue weighted by Gasteiger charge is 2.12. The second-order valence-electron chi connectivity index (χ2n) is 3.22. The molecule has 1 aromatic heterocycles. The van der Waals surface area contributed by atoms with Crippen molar-refractivity contribution in [2.24, 2.45) is 0 Å².